The van der Waals surface area contributed by atoms with Gasteiger partial charge in [-0.3, -0.25) is 14.3 Å². The zero-order chi connectivity index (χ0) is 32.4. The molecule has 0 aliphatic heterocycles. The Hall–Kier alpha value is -4.96. The number of nitrogens with zero attached hydrogens (tertiary/aromatic N) is 6. The second kappa shape index (κ2) is 13.8. The number of rotatable bonds is 7. The van der Waals surface area contributed by atoms with Crippen LogP contribution in [0.5, 0.6) is 0 Å². The number of halogens is 4. The van der Waals surface area contributed by atoms with Gasteiger partial charge in [0.2, 0.25) is 0 Å². The normalized spacial score (nSPS) is 16.2. The molecule has 47 heavy (non-hydrogen) atoms. The van der Waals surface area contributed by atoms with E-state index in [9.17, 15) is 28.0 Å². The summed E-state index contributed by atoms with van der Waals surface area (Å²) in [6.45, 7) is 0.880. The maximum Gasteiger partial charge on any atom is 0.416 e. The van der Waals surface area contributed by atoms with Crippen molar-refractivity contribution in [3.05, 3.63) is 118 Å². The summed E-state index contributed by atoms with van der Waals surface area (Å²) >= 11 is 0. The lowest BCUT2D eigenvalue weighted by Crippen LogP contribution is -3.00. The molecule has 1 amide bonds. The van der Waals surface area contributed by atoms with Gasteiger partial charge in [0.1, 0.15) is 11.3 Å². The number of alkyl halides is 3. The Morgan fingerprint density at radius 1 is 1.00 bits per heavy atom. The lowest BCUT2D eigenvalue weighted by Gasteiger charge is -2.27. The standard InChI is InChI=1S/C34H30F3N7O2.BrH/c1-41-31(29-16-17-39-43(29)27-14-10-23(21-38)11-15-27)30(33(46)44(41)28-7-5-6-25(20-28)34(35,36)37)32(45)40-26-12-8-24(9-13-26)22-42-18-3-2-4-19-42;/h2-7,10-11,14-20,24,26H,8-9,12-13,22H2,1H3;1H. The zero-order valence-corrected chi connectivity index (χ0v) is 26.9. The van der Waals surface area contributed by atoms with Crippen LogP contribution in [-0.4, -0.2) is 31.1 Å². The molecule has 1 N–H and O–H groups in total. The predicted octanol–water partition coefficient (Wildman–Crippen LogP) is 2.20. The molecule has 2 aromatic carbocycles. The molecular weight excluding hydrogens is 675 g/mol. The van der Waals surface area contributed by atoms with Crippen molar-refractivity contribution in [2.75, 3.05) is 0 Å². The summed E-state index contributed by atoms with van der Waals surface area (Å²) in [5, 5.41) is 16.7. The molecule has 5 aromatic rings. The predicted molar refractivity (Wildman–Crippen MR) is 163 cm³/mol. The fraction of sp³-hybridized carbons (Fsp3) is 0.265. The van der Waals surface area contributed by atoms with E-state index < -0.39 is 23.2 Å². The quantitative estimate of drug-likeness (QED) is 0.263. The first kappa shape index (κ1) is 33.4. The summed E-state index contributed by atoms with van der Waals surface area (Å²) < 4.78 is 47.0. The van der Waals surface area contributed by atoms with Crippen LogP contribution in [0.3, 0.4) is 0 Å². The molecule has 0 bridgehead atoms. The fourth-order valence-electron chi connectivity index (χ4n) is 6.17. The molecule has 3 aromatic heterocycles. The maximum absolute atomic E-state index is 14.1. The molecule has 3 heterocycles. The van der Waals surface area contributed by atoms with Crippen LogP contribution in [0.4, 0.5) is 13.2 Å². The van der Waals surface area contributed by atoms with E-state index in [1.54, 1.807) is 30.3 Å². The molecule has 0 radical (unpaired) electrons. The molecule has 0 atom stereocenters. The number of hydrogen-bond donors (Lipinski definition) is 1. The number of pyridine rings is 1. The van der Waals surface area contributed by atoms with Crippen molar-refractivity contribution in [3.63, 3.8) is 0 Å². The lowest BCUT2D eigenvalue weighted by molar-refractivity contribution is -0.703. The number of hydrogen-bond acceptors (Lipinski definition) is 4. The van der Waals surface area contributed by atoms with Gasteiger partial charge in [-0.15, -0.1) is 0 Å². The SMILES string of the molecule is Cn1c(-c2ccnn2-c2ccc(C#N)cc2)c(C(=O)NC2CCC(C[n+]3ccccc3)CC2)c(=O)n1-c1cccc(C(F)(F)F)c1.[Br-]. The van der Waals surface area contributed by atoms with Crippen LogP contribution in [-0.2, 0) is 19.8 Å². The number of aromatic nitrogens is 5. The highest BCUT2D eigenvalue weighted by Gasteiger charge is 2.33. The van der Waals surface area contributed by atoms with Crippen molar-refractivity contribution in [3.8, 4) is 28.8 Å². The summed E-state index contributed by atoms with van der Waals surface area (Å²) in [6.07, 6.45) is 4.20. The number of nitrogens with one attached hydrogen (secondary N) is 1. The van der Waals surface area contributed by atoms with Crippen molar-refractivity contribution in [2.45, 2.75) is 44.4 Å². The Balaban J connectivity index is 0.00000433. The highest BCUT2D eigenvalue weighted by molar-refractivity contribution is 6.00. The number of carbonyl (C=O) groups is 1. The molecule has 1 aliphatic rings. The molecule has 0 unspecified atom stereocenters. The molecule has 0 spiro atoms. The van der Waals surface area contributed by atoms with Gasteiger partial charge in [0, 0.05) is 31.1 Å². The monoisotopic (exact) mass is 705 g/mol. The van der Waals surface area contributed by atoms with Crippen LogP contribution >= 0.6 is 0 Å². The van der Waals surface area contributed by atoms with Crippen molar-refractivity contribution in [1.82, 2.24) is 24.5 Å². The Morgan fingerprint density at radius 3 is 2.36 bits per heavy atom. The van der Waals surface area contributed by atoms with E-state index in [-0.39, 0.29) is 40.0 Å². The average molecular weight is 707 g/mol. The van der Waals surface area contributed by atoms with Crippen molar-refractivity contribution in [1.29, 1.82) is 5.26 Å². The van der Waals surface area contributed by atoms with E-state index in [0.717, 1.165) is 49.0 Å². The minimum absolute atomic E-state index is 0. The summed E-state index contributed by atoms with van der Waals surface area (Å²) in [7, 11) is 1.52. The second-order valence-electron chi connectivity index (χ2n) is 11.5. The third-order valence-electron chi connectivity index (χ3n) is 8.47. The van der Waals surface area contributed by atoms with Gasteiger partial charge in [-0.05, 0) is 74.2 Å². The highest BCUT2D eigenvalue weighted by atomic mass is 79.9. The van der Waals surface area contributed by atoms with E-state index >= 15 is 0 Å². The maximum atomic E-state index is 14.1. The van der Waals surface area contributed by atoms with Gasteiger partial charge in [0.25, 0.3) is 11.5 Å². The largest absolute Gasteiger partial charge is 1.00 e. The van der Waals surface area contributed by atoms with Crippen LogP contribution in [0, 0.1) is 17.2 Å². The molecule has 9 nitrogen and oxygen atoms in total. The number of carbonyl (C=O) groups excluding carboxylic acids is 1. The summed E-state index contributed by atoms with van der Waals surface area (Å²) in [6, 6.07) is 20.5. The highest BCUT2D eigenvalue weighted by Crippen LogP contribution is 2.32. The molecule has 0 saturated heterocycles. The van der Waals surface area contributed by atoms with Crippen molar-refractivity contribution >= 4 is 5.91 Å². The Labute approximate surface area is 279 Å². The van der Waals surface area contributed by atoms with Crippen LogP contribution in [0.25, 0.3) is 22.8 Å². The van der Waals surface area contributed by atoms with Gasteiger partial charge in [-0.25, -0.2) is 13.9 Å². The average Bonchev–Trinajstić information content (AvgIpc) is 3.63. The molecule has 1 aliphatic carbocycles. The van der Waals surface area contributed by atoms with Crippen LogP contribution in [0.15, 0.2) is 96.2 Å². The zero-order valence-electron chi connectivity index (χ0n) is 25.4. The van der Waals surface area contributed by atoms with Crippen molar-refractivity contribution in [2.24, 2.45) is 13.0 Å². The Bertz CT molecular complexity index is 1970. The molecule has 13 heteroatoms. The molecule has 1 saturated carbocycles. The van der Waals surface area contributed by atoms with Gasteiger partial charge in [-0.2, -0.15) is 23.5 Å². The second-order valence-corrected chi connectivity index (χ2v) is 11.5. The number of nitriles is 1. The molecule has 6 rings (SSSR count). The van der Waals surface area contributed by atoms with E-state index in [2.05, 4.69) is 21.1 Å². The van der Waals surface area contributed by atoms with E-state index in [4.69, 9.17) is 0 Å². The smallest absolute Gasteiger partial charge is 0.416 e. The molecular formula is C34H31BrF3N7O2. The minimum atomic E-state index is -4.63. The first-order chi connectivity index (χ1) is 22.1. The van der Waals surface area contributed by atoms with Crippen molar-refractivity contribution < 1.29 is 39.5 Å². The van der Waals surface area contributed by atoms with Crippen LogP contribution in [0.2, 0.25) is 0 Å². The third-order valence-corrected chi connectivity index (χ3v) is 8.47. The van der Waals surface area contributed by atoms with Gasteiger partial charge in [0.05, 0.1) is 40.5 Å². The topological polar surface area (TPSA) is 102 Å². The van der Waals surface area contributed by atoms with Gasteiger partial charge < -0.3 is 22.3 Å². The fourth-order valence-corrected chi connectivity index (χ4v) is 6.17. The number of benzene rings is 2. The van der Waals surface area contributed by atoms with E-state index in [0.29, 0.717) is 22.9 Å². The van der Waals surface area contributed by atoms with Crippen LogP contribution in [0.1, 0.15) is 47.2 Å². The summed E-state index contributed by atoms with van der Waals surface area (Å²) in [5.74, 6) is -0.150. The van der Waals surface area contributed by atoms with Gasteiger partial charge in [0.15, 0.2) is 18.9 Å². The minimum Gasteiger partial charge on any atom is -1.00 e. The number of amides is 1. The lowest BCUT2D eigenvalue weighted by atomic mass is 9.85. The Kier molecular flexibility index (Phi) is 9.81. The first-order valence-electron chi connectivity index (χ1n) is 14.9. The first-order valence-corrected chi connectivity index (χ1v) is 14.9. The summed E-state index contributed by atoms with van der Waals surface area (Å²) in [5.41, 5.74) is -0.324. The van der Waals surface area contributed by atoms with E-state index in [1.807, 2.05) is 30.6 Å². The van der Waals surface area contributed by atoms with E-state index in [1.165, 1.54) is 34.7 Å². The van der Waals surface area contributed by atoms with Crippen LogP contribution < -0.4 is 32.4 Å². The Morgan fingerprint density at radius 2 is 1.70 bits per heavy atom. The summed E-state index contributed by atoms with van der Waals surface area (Å²) in [4.78, 5) is 28.1. The van der Waals surface area contributed by atoms with Gasteiger partial charge in [-0.1, -0.05) is 12.1 Å². The van der Waals surface area contributed by atoms with Gasteiger partial charge >= 0.3 is 6.18 Å². The molecule has 1 fully saturated rings. The molecule has 242 valence electrons. The third kappa shape index (κ3) is 6.92.